The van der Waals surface area contributed by atoms with Crippen LogP contribution in [0.4, 0.5) is 119 Å². The SMILES string of the molecule is CC(C)(C(F)(F)F)C(F)(F)F.CC(C)(C)C(F)(F)F.CC(C)C(C)C.CC(C)CCC(F)(F)F.CCC(C)(C)C.CCC(C)C.CCC(C)C(F)(F)F.CCCC(C(F)(F)F)C(F)(F)F.CCCC(C)C.CCCCC.CCCCCC(F)(F)F.[2H]C(C)(C)C(F)(F)F. The van der Waals surface area contributed by atoms with Crippen LogP contribution < -0.4 is 0 Å². The van der Waals surface area contributed by atoms with E-state index >= 15 is 0 Å². The van der Waals surface area contributed by atoms with Crippen LogP contribution in [0.2, 0.25) is 0 Å². The van der Waals surface area contributed by atoms with Crippen molar-refractivity contribution in [3.05, 3.63) is 0 Å². The van der Waals surface area contributed by atoms with Gasteiger partial charge in [0.25, 0.3) is 0 Å². The molecule has 27 heteroatoms. The lowest BCUT2D eigenvalue weighted by Gasteiger charge is -2.29. The summed E-state index contributed by atoms with van der Waals surface area (Å²) >= 11 is 0. The van der Waals surface area contributed by atoms with Gasteiger partial charge in [-0.05, 0) is 74.5 Å². The first-order chi connectivity index (χ1) is 40.3. The summed E-state index contributed by atoms with van der Waals surface area (Å²) in [7, 11) is 0. The molecule has 0 spiro atoms. The summed E-state index contributed by atoms with van der Waals surface area (Å²) < 4.78 is 318. The molecule has 0 N–H and O–H groups in total. The molecule has 0 aromatic rings. The Hall–Kier alpha value is -1.89. The highest BCUT2D eigenvalue weighted by Gasteiger charge is 2.64. The number of unbranched alkanes of at least 4 members (excludes halogenated alkanes) is 4. The summed E-state index contributed by atoms with van der Waals surface area (Å²) in [5.74, 6) is -3.00. The summed E-state index contributed by atoms with van der Waals surface area (Å²) in [6, 6.07) is 0. The fraction of sp³-hybridized carbons (Fsp3) is 1.00. The molecule has 0 fully saturated rings. The molecule has 0 amide bonds. The molecule has 0 bridgehead atoms. The van der Waals surface area contributed by atoms with Gasteiger partial charge in [0.15, 0.2) is 11.3 Å². The smallest absolute Gasteiger partial charge is 0.171 e. The van der Waals surface area contributed by atoms with Crippen molar-refractivity contribution < 1.29 is 120 Å². The lowest BCUT2D eigenvalue weighted by molar-refractivity contribution is -0.327. The van der Waals surface area contributed by atoms with E-state index in [0.717, 1.165) is 64.7 Å². The second kappa shape index (κ2) is 57.1. The van der Waals surface area contributed by atoms with Crippen molar-refractivity contribution in [3.63, 3.8) is 0 Å². The Morgan fingerprint density at radius 3 is 0.620 bits per heavy atom. The van der Waals surface area contributed by atoms with Gasteiger partial charge >= 0.3 is 55.6 Å². The van der Waals surface area contributed by atoms with Crippen molar-refractivity contribution in [3.8, 4) is 0 Å². The summed E-state index contributed by atoms with van der Waals surface area (Å²) in [4.78, 5) is 0. The topological polar surface area (TPSA) is 0 Å². The van der Waals surface area contributed by atoms with Crippen molar-refractivity contribution >= 4 is 0 Å². The zero-order valence-corrected chi connectivity index (χ0v) is 61.1. The summed E-state index contributed by atoms with van der Waals surface area (Å²) in [6.45, 7) is 50.4. The van der Waals surface area contributed by atoms with Crippen LogP contribution in [0.1, 0.15) is 305 Å². The van der Waals surface area contributed by atoms with Crippen molar-refractivity contribution in [2.24, 2.45) is 63.6 Å². The van der Waals surface area contributed by atoms with E-state index in [1.165, 1.54) is 65.7 Å². The van der Waals surface area contributed by atoms with Crippen LogP contribution in [0.3, 0.4) is 0 Å². The van der Waals surface area contributed by atoms with Crippen LogP contribution in [0, 0.1) is 63.6 Å². The van der Waals surface area contributed by atoms with E-state index in [9.17, 15) is 119 Å². The normalized spacial score (nSPS) is 13.1. The maximum absolute atomic E-state index is 11.7. The molecular formula is C65H127F27. The molecule has 0 saturated heterocycles. The van der Waals surface area contributed by atoms with Gasteiger partial charge in [0, 0.05) is 20.1 Å². The first kappa shape index (κ1) is 114. The zero-order valence-electron chi connectivity index (χ0n) is 62.1. The van der Waals surface area contributed by atoms with E-state index < -0.39 is 103 Å². The lowest BCUT2D eigenvalue weighted by atomic mass is 9.92. The van der Waals surface area contributed by atoms with Gasteiger partial charge in [-0.1, -0.05) is 251 Å². The summed E-state index contributed by atoms with van der Waals surface area (Å²) in [6.07, 6.45) is -31.9. The Kier molecular flexibility index (Phi) is 70.9. The molecule has 0 aromatic heterocycles. The number of alkyl halides is 27. The highest BCUT2D eigenvalue weighted by Crippen LogP contribution is 2.49. The van der Waals surface area contributed by atoms with Crippen LogP contribution in [0.25, 0.3) is 0 Å². The third-order valence-corrected chi connectivity index (χ3v) is 12.2. The van der Waals surface area contributed by atoms with Crippen molar-refractivity contribution in [1.29, 1.82) is 0 Å². The minimum Gasteiger partial charge on any atom is -0.171 e. The number of hydrogen-bond donors (Lipinski definition) is 0. The molecule has 0 radical (unpaired) electrons. The van der Waals surface area contributed by atoms with Gasteiger partial charge in [-0.2, -0.15) is 119 Å². The average Bonchev–Trinajstić information content (AvgIpc) is 2.85. The van der Waals surface area contributed by atoms with Crippen LogP contribution in [-0.2, 0) is 0 Å². The molecule has 0 aliphatic carbocycles. The predicted molar refractivity (Wildman–Crippen MR) is 328 cm³/mol. The Morgan fingerprint density at radius 1 is 0.304 bits per heavy atom. The molecule has 0 aliphatic rings. The van der Waals surface area contributed by atoms with Crippen LogP contribution in [0.5, 0.6) is 0 Å². The highest BCUT2D eigenvalue weighted by molar-refractivity contribution is 4.84. The molecule has 576 valence electrons. The second-order valence-corrected chi connectivity index (χ2v) is 26.5. The third kappa shape index (κ3) is 104. The monoisotopic (exact) mass is 1420 g/mol. The van der Waals surface area contributed by atoms with Crippen LogP contribution >= 0.6 is 0 Å². The number of hydrogen-bond acceptors (Lipinski definition) is 0. The standard InChI is InChI=1S/C6H8F6.2C6H11F3.3C6H14.C5H6F6.2C5H9F3.2C5H12.C4H7F3/c1-2-3-4(5(7,8)9)6(10,11)12;1-5(2)3-4-6(7,8)9;1-2-3-4-5-6(7,8)9;1-5-6(2,3)4;1-5(2)6(3)4;1-4-5-6(2)3;1-3(2,4(6,7)8)5(9,10)11;1-4(2,3)5(6,7)8;1-3-4(2)5(6,7)8;1-4-5(2)3;1-3-5-4-2;1-3(2)4(5,6)7/h4H,2-3H2,1H3;5H,3-4H2,1-2H3;2-5H2,1H3;5H2,1-4H3;5-6H,1-4H3;6H,4-5H2,1-3H3;1-2H3;1-3H3;4H,3H2,1-2H3;5H,4H2,1-3H3;3-5H2,1-2H3;3H,1-2H3/i;;;;;;;;;;;3D. The van der Waals surface area contributed by atoms with Crippen molar-refractivity contribution in [2.75, 3.05) is 0 Å². The second-order valence-electron chi connectivity index (χ2n) is 26.5. The summed E-state index contributed by atoms with van der Waals surface area (Å²) in [5.41, 5.74) is -4.65. The third-order valence-electron chi connectivity index (χ3n) is 12.2. The number of rotatable bonds is 14. The fourth-order valence-corrected chi connectivity index (χ4v) is 3.15. The Labute approximate surface area is 541 Å². The molecule has 1 atom stereocenters. The molecule has 0 heterocycles. The van der Waals surface area contributed by atoms with Crippen LogP contribution in [0.15, 0.2) is 0 Å². The first-order valence-corrected chi connectivity index (χ1v) is 31.4. The van der Waals surface area contributed by atoms with E-state index in [2.05, 4.69) is 111 Å². The van der Waals surface area contributed by atoms with Gasteiger partial charge in [-0.15, -0.1) is 0 Å². The minimum absolute atomic E-state index is 0.104. The summed E-state index contributed by atoms with van der Waals surface area (Å²) in [5, 5.41) is 0. The molecule has 0 nitrogen and oxygen atoms in total. The maximum Gasteiger partial charge on any atom is 0.402 e. The quantitative estimate of drug-likeness (QED) is 0.120. The first-order valence-electron chi connectivity index (χ1n) is 31.9. The van der Waals surface area contributed by atoms with E-state index in [1.807, 2.05) is 6.92 Å². The van der Waals surface area contributed by atoms with E-state index in [1.54, 1.807) is 13.8 Å². The van der Waals surface area contributed by atoms with E-state index in [4.69, 9.17) is 1.37 Å². The molecule has 0 aromatic carbocycles. The van der Waals surface area contributed by atoms with Crippen LogP contribution in [-0.4, -0.2) is 55.6 Å². The predicted octanol–water partition coefficient (Wildman–Crippen LogP) is 31.6. The van der Waals surface area contributed by atoms with Gasteiger partial charge in [0.2, 0.25) is 0 Å². The van der Waals surface area contributed by atoms with Gasteiger partial charge in [-0.25, -0.2) is 0 Å². The molecule has 0 aliphatic heterocycles. The van der Waals surface area contributed by atoms with E-state index in [-0.39, 0.29) is 45.4 Å². The lowest BCUT2D eigenvalue weighted by Crippen LogP contribution is -2.44. The number of halogens is 27. The molecule has 0 saturated carbocycles. The minimum atomic E-state index is -5.24. The molecule has 0 rings (SSSR count). The molecule has 1 unspecified atom stereocenters. The maximum atomic E-state index is 11.7. The van der Waals surface area contributed by atoms with Crippen molar-refractivity contribution in [2.45, 2.75) is 359 Å². The fourth-order valence-electron chi connectivity index (χ4n) is 3.15. The Morgan fingerprint density at radius 2 is 0.565 bits per heavy atom. The molecule has 92 heavy (non-hydrogen) atoms. The van der Waals surface area contributed by atoms with E-state index in [0.29, 0.717) is 11.8 Å². The zero-order chi connectivity index (χ0) is 78.9. The largest absolute Gasteiger partial charge is 0.402 e. The molecular weight excluding hydrogens is 1290 g/mol. The van der Waals surface area contributed by atoms with Crippen molar-refractivity contribution in [1.82, 2.24) is 0 Å². The van der Waals surface area contributed by atoms with Gasteiger partial charge in [0.05, 0.1) is 11.3 Å². The van der Waals surface area contributed by atoms with Gasteiger partial charge < -0.3 is 0 Å². The average molecular weight is 1420 g/mol. The van der Waals surface area contributed by atoms with Gasteiger partial charge in [-0.3, -0.25) is 0 Å². The Bertz CT molecular complexity index is 1450. The van der Waals surface area contributed by atoms with Gasteiger partial charge in [0.1, 0.15) is 0 Å². The Balaban J connectivity index is -0.0000000776. The highest BCUT2D eigenvalue weighted by atomic mass is 19.4.